The van der Waals surface area contributed by atoms with E-state index >= 15 is 0 Å². The van der Waals surface area contributed by atoms with E-state index in [4.69, 9.17) is 10.9 Å². The third-order valence-corrected chi connectivity index (χ3v) is 4.33. The first-order valence-electron chi connectivity index (χ1n) is 5.91. The van der Waals surface area contributed by atoms with Crippen LogP contribution in [0, 0.1) is 0 Å². The molecule has 1 aliphatic carbocycles. The predicted molar refractivity (Wildman–Crippen MR) is 66.6 cm³/mol. The quantitative estimate of drug-likeness (QED) is 0.242. The number of hydrogen-bond donors (Lipinski definition) is 2. The van der Waals surface area contributed by atoms with Gasteiger partial charge in [-0.25, -0.2) is 0 Å². The first kappa shape index (κ1) is 12.7. The zero-order valence-electron chi connectivity index (χ0n) is 9.32. The zero-order valence-corrected chi connectivity index (χ0v) is 10.1. The van der Waals surface area contributed by atoms with Gasteiger partial charge in [0.25, 0.3) is 0 Å². The molecule has 0 aromatic heterocycles. The molecule has 0 amide bonds. The Labute approximate surface area is 96.5 Å². The number of amidine groups is 1. The molecule has 1 rings (SSSR count). The van der Waals surface area contributed by atoms with Crippen LogP contribution in [0.1, 0.15) is 51.4 Å². The van der Waals surface area contributed by atoms with Gasteiger partial charge in [0, 0.05) is 11.7 Å². The molecule has 3 N–H and O–H groups in total. The molecule has 0 aromatic rings. The van der Waals surface area contributed by atoms with Gasteiger partial charge >= 0.3 is 0 Å². The largest absolute Gasteiger partial charge is 0.409 e. The molecular weight excluding hydrogens is 208 g/mol. The molecular formula is C11H22N2OS. The van der Waals surface area contributed by atoms with Crippen LogP contribution >= 0.6 is 11.8 Å². The van der Waals surface area contributed by atoms with Crippen molar-refractivity contribution in [2.24, 2.45) is 10.9 Å². The van der Waals surface area contributed by atoms with Gasteiger partial charge in [-0.15, -0.1) is 0 Å². The number of hydrogen-bond acceptors (Lipinski definition) is 3. The van der Waals surface area contributed by atoms with E-state index in [0.717, 1.165) is 18.1 Å². The van der Waals surface area contributed by atoms with E-state index in [1.165, 1.54) is 44.3 Å². The highest BCUT2D eigenvalue weighted by atomic mass is 32.2. The Kier molecular flexibility index (Phi) is 6.64. The van der Waals surface area contributed by atoms with Crippen molar-refractivity contribution in [1.29, 1.82) is 0 Å². The number of thioether (sulfide) groups is 1. The standard InChI is InChI=1S/C11H22N2OS/c12-11(13-14)8-4-5-9-15-10-6-2-1-3-7-10/h10,14H,1-9H2,(H2,12,13). The highest BCUT2D eigenvalue weighted by molar-refractivity contribution is 7.99. The Morgan fingerprint density at radius 3 is 2.67 bits per heavy atom. The van der Waals surface area contributed by atoms with Gasteiger partial charge in [0.1, 0.15) is 5.84 Å². The average Bonchev–Trinajstić information content (AvgIpc) is 2.29. The van der Waals surface area contributed by atoms with Crippen LogP contribution in [0.5, 0.6) is 0 Å². The van der Waals surface area contributed by atoms with E-state index in [1.54, 1.807) is 0 Å². The van der Waals surface area contributed by atoms with Gasteiger partial charge in [0.05, 0.1) is 0 Å². The molecule has 0 spiro atoms. The summed E-state index contributed by atoms with van der Waals surface area (Å²) in [5.74, 6) is 1.58. The topological polar surface area (TPSA) is 58.6 Å². The molecule has 0 atom stereocenters. The van der Waals surface area contributed by atoms with E-state index in [-0.39, 0.29) is 0 Å². The summed E-state index contributed by atoms with van der Waals surface area (Å²) in [7, 11) is 0. The van der Waals surface area contributed by atoms with E-state index in [1.807, 2.05) is 0 Å². The Morgan fingerprint density at radius 2 is 2.00 bits per heavy atom. The highest BCUT2D eigenvalue weighted by Crippen LogP contribution is 2.28. The SMILES string of the molecule is N/C(CCCCSC1CCCCC1)=N/O. The lowest BCUT2D eigenvalue weighted by molar-refractivity contribution is 0.316. The van der Waals surface area contributed by atoms with Gasteiger partial charge in [-0.3, -0.25) is 0 Å². The monoisotopic (exact) mass is 230 g/mol. The maximum absolute atomic E-state index is 8.35. The van der Waals surface area contributed by atoms with Crippen LogP contribution in [0.25, 0.3) is 0 Å². The fraction of sp³-hybridized carbons (Fsp3) is 0.909. The minimum Gasteiger partial charge on any atom is -0.409 e. The summed E-state index contributed by atoms with van der Waals surface area (Å²) in [4.78, 5) is 0. The lowest BCUT2D eigenvalue weighted by Gasteiger charge is -2.20. The number of nitrogens with two attached hydrogens (primary N) is 1. The van der Waals surface area contributed by atoms with Crippen molar-refractivity contribution in [3.05, 3.63) is 0 Å². The van der Waals surface area contributed by atoms with Crippen LogP contribution in [0.15, 0.2) is 5.16 Å². The third-order valence-electron chi connectivity index (χ3n) is 2.86. The van der Waals surface area contributed by atoms with Gasteiger partial charge < -0.3 is 10.9 Å². The normalized spacial score (nSPS) is 19.3. The third kappa shape index (κ3) is 5.92. The number of rotatable bonds is 6. The molecule has 0 unspecified atom stereocenters. The summed E-state index contributed by atoms with van der Waals surface area (Å²) in [6.45, 7) is 0. The van der Waals surface area contributed by atoms with Crippen molar-refractivity contribution >= 4 is 17.6 Å². The Balaban J connectivity index is 1.92. The molecule has 0 bridgehead atoms. The van der Waals surface area contributed by atoms with Crippen molar-refractivity contribution in [3.8, 4) is 0 Å². The molecule has 0 aliphatic heterocycles. The minimum absolute atomic E-state index is 0.359. The molecule has 1 fully saturated rings. The van der Waals surface area contributed by atoms with Gasteiger partial charge in [0.2, 0.25) is 0 Å². The maximum atomic E-state index is 8.35. The van der Waals surface area contributed by atoms with Crippen molar-refractivity contribution in [3.63, 3.8) is 0 Å². The second-order valence-corrected chi connectivity index (χ2v) is 5.59. The van der Waals surface area contributed by atoms with E-state index < -0.39 is 0 Å². The average molecular weight is 230 g/mol. The van der Waals surface area contributed by atoms with Gasteiger partial charge in [-0.05, 0) is 31.4 Å². The van der Waals surface area contributed by atoms with Crippen molar-refractivity contribution in [2.75, 3.05) is 5.75 Å². The van der Waals surface area contributed by atoms with Crippen LogP contribution in [-0.4, -0.2) is 22.0 Å². The summed E-state index contributed by atoms with van der Waals surface area (Å²) in [6, 6.07) is 0. The molecule has 0 radical (unpaired) electrons. The van der Waals surface area contributed by atoms with Crippen LogP contribution in [0.2, 0.25) is 0 Å². The van der Waals surface area contributed by atoms with Crippen LogP contribution in [0.3, 0.4) is 0 Å². The van der Waals surface area contributed by atoms with E-state index in [9.17, 15) is 0 Å². The van der Waals surface area contributed by atoms with E-state index in [0.29, 0.717) is 5.84 Å². The number of oxime groups is 1. The first-order chi connectivity index (χ1) is 7.33. The summed E-state index contributed by atoms with van der Waals surface area (Å²) >= 11 is 2.11. The summed E-state index contributed by atoms with van der Waals surface area (Å²) in [5.41, 5.74) is 5.39. The van der Waals surface area contributed by atoms with E-state index in [2.05, 4.69) is 16.9 Å². The molecule has 1 aliphatic rings. The molecule has 88 valence electrons. The zero-order chi connectivity index (χ0) is 10.9. The number of unbranched alkanes of at least 4 members (excludes halogenated alkanes) is 1. The Hall–Kier alpha value is -0.380. The Morgan fingerprint density at radius 1 is 1.27 bits per heavy atom. The number of nitrogens with zero attached hydrogens (tertiary/aromatic N) is 1. The second-order valence-electron chi connectivity index (χ2n) is 4.18. The summed E-state index contributed by atoms with van der Waals surface area (Å²) < 4.78 is 0. The fourth-order valence-electron chi connectivity index (χ4n) is 1.94. The van der Waals surface area contributed by atoms with Crippen LogP contribution in [0.4, 0.5) is 0 Å². The fourth-order valence-corrected chi connectivity index (χ4v) is 3.31. The van der Waals surface area contributed by atoms with Gasteiger partial charge in [-0.1, -0.05) is 24.4 Å². The summed E-state index contributed by atoms with van der Waals surface area (Å²) in [6.07, 6.45) is 10.0. The van der Waals surface area contributed by atoms with Crippen LogP contribution in [-0.2, 0) is 0 Å². The first-order valence-corrected chi connectivity index (χ1v) is 6.96. The van der Waals surface area contributed by atoms with Crippen molar-refractivity contribution in [2.45, 2.75) is 56.6 Å². The van der Waals surface area contributed by atoms with Crippen LogP contribution < -0.4 is 5.73 Å². The second kappa shape index (κ2) is 7.85. The van der Waals surface area contributed by atoms with Gasteiger partial charge in [0.15, 0.2) is 0 Å². The van der Waals surface area contributed by atoms with Gasteiger partial charge in [-0.2, -0.15) is 11.8 Å². The lowest BCUT2D eigenvalue weighted by atomic mass is 10.0. The minimum atomic E-state index is 0.359. The Bertz CT molecular complexity index is 191. The molecule has 1 saturated carbocycles. The molecule has 0 heterocycles. The smallest absolute Gasteiger partial charge is 0.139 e. The molecule has 0 saturated heterocycles. The lowest BCUT2D eigenvalue weighted by Crippen LogP contribution is -2.11. The molecule has 0 aromatic carbocycles. The van der Waals surface area contributed by atoms with Crippen molar-refractivity contribution in [1.82, 2.24) is 0 Å². The van der Waals surface area contributed by atoms with Crippen molar-refractivity contribution < 1.29 is 5.21 Å². The molecule has 3 nitrogen and oxygen atoms in total. The maximum Gasteiger partial charge on any atom is 0.139 e. The molecule has 15 heavy (non-hydrogen) atoms. The molecule has 4 heteroatoms. The highest BCUT2D eigenvalue weighted by Gasteiger charge is 2.12. The summed E-state index contributed by atoms with van der Waals surface area (Å²) in [5, 5.41) is 12.2. The predicted octanol–water partition coefficient (Wildman–Crippen LogP) is 2.97.